The van der Waals surface area contributed by atoms with Crippen LogP contribution in [0, 0.1) is 0 Å². The number of hydrazine groups is 1. The van der Waals surface area contributed by atoms with E-state index in [1.165, 1.54) is 12.1 Å². The number of ketones is 1. The summed E-state index contributed by atoms with van der Waals surface area (Å²) in [7, 11) is 1.87. The van der Waals surface area contributed by atoms with Crippen LogP contribution in [0.1, 0.15) is 224 Å². The largest absolute Gasteiger partial charge is 0.487 e. The maximum Gasteiger partial charge on any atom is 0.337 e. The first-order chi connectivity index (χ1) is 52.2. The number of nitrogens with zero attached hydrogens (tertiary/aromatic N) is 2. The number of furan rings is 2. The summed E-state index contributed by atoms with van der Waals surface area (Å²) in [5.74, 6) is 2.81. The number of carboxylic acids is 4. The molecule has 8 aromatic carbocycles. The molecule has 0 bridgehead atoms. The van der Waals surface area contributed by atoms with Gasteiger partial charge in [0.25, 0.3) is 6.47 Å². The zero-order valence-corrected chi connectivity index (χ0v) is 68.1. The molecule has 12 N–H and O–H groups in total. The standard InChI is InChI=1S/C16H11NO3.C15H12N2O3.C15H9NO3.C8H6O2.C7H8N2O2.12C2H6.CH2O2.H2O/c1-17-13-10(6-4-7-11(13)16(18)19)15-14(17)9-5-2-3-8-12(9)20-15;18-15(19)11-6-1-3-7-12(11)16-17-13-9-20-14-8-4-2-5-10(13)14;17-15(18)10-6-3-5-9-12(10)16-13-8-4-1-2-7-11(8)19-14(9)13;9-7-5-10-8-4-2-1-3-6(7)8;8-9-6-4-2-1-3-5(6)7(10)11;12*1-2;2-1-3;/h2-8H,1H3,(H,18,19);1-8,16H,9H2,(H,18,19);1-7,16H,(H,17,18);1-4H,5H2;1-4,9H,8H2,(H,10,11);12*1-2H3;1H,(H,2,3);1H2/b;17-13+;;;;;;;;;;;;;;;;;. The molecular weight excluding hydrogens is 1370 g/mol. The molecule has 12 aromatic rings. The van der Waals surface area contributed by atoms with Crippen molar-refractivity contribution in [3.05, 3.63) is 215 Å². The topological polar surface area (TPSA) is 363 Å². The van der Waals surface area contributed by atoms with Crippen molar-refractivity contribution in [3.63, 3.8) is 0 Å². The number of carboxylic acid groups (broad SMARTS) is 5. The lowest BCUT2D eigenvalue weighted by Crippen LogP contribution is -2.11. The maximum atomic E-state index is 11.4. The second kappa shape index (κ2) is 62.6. The second-order valence-electron chi connectivity index (χ2n) is 17.9. The molecule has 0 spiro atoms. The highest BCUT2D eigenvalue weighted by Gasteiger charge is 2.23. The van der Waals surface area contributed by atoms with Crippen molar-refractivity contribution in [2.75, 3.05) is 24.1 Å². The Balaban J connectivity index is -0.000000383. The van der Waals surface area contributed by atoms with Crippen LogP contribution >= 0.6 is 0 Å². The van der Waals surface area contributed by atoms with Gasteiger partial charge in [-0.15, -0.1) is 0 Å². The highest BCUT2D eigenvalue weighted by molar-refractivity contribution is 6.20. The molecule has 0 atom stereocenters. The summed E-state index contributed by atoms with van der Waals surface area (Å²) in [6.45, 7) is 48.3. The van der Waals surface area contributed by atoms with Gasteiger partial charge in [-0.2, -0.15) is 5.10 Å². The van der Waals surface area contributed by atoms with Crippen LogP contribution in [0.3, 0.4) is 0 Å². The molecule has 0 fully saturated rings. The molecule has 0 aliphatic carbocycles. The number of carbonyl (C=O) groups is 6. The smallest absolute Gasteiger partial charge is 0.337 e. The maximum absolute atomic E-state index is 11.4. The minimum Gasteiger partial charge on any atom is -0.487 e. The van der Waals surface area contributed by atoms with E-state index in [-0.39, 0.29) is 41.0 Å². The molecule has 22 heteroatoms. The van der Waals surface area contributed by atoms with E-state index >= 15 is 0 Å². The lowest BCUT2D eigenvalue weighted by atomic mass is 10.1. The number of ether oxygens (including phenoxy) is 2. The number of benzene rings is 8. The van der Waals surface area contributed by atoms with Gasteiger partial charge >= 0.3 is 23.9 Å². The van der Waals surface area contributed by atoms with Crippen LogP contribution in [0.15, 0.2) is 196 Å². The van der Waals surface area contributed by atoms with Crippen molar-refractivity contribution in [2.24, 2.45) is 18.0 Å². The zero-order valence-electron chi connectivity index (χ0n) is 68.1. The molecular formula is C86H122N6O16. The third-order valence-electron chi connectivity index (χ3n) is 13.0. The van der Waals surface area contributed by atoms with E-state index in [0.717, 1.165) is 66.4 Å². The second-order valence-corrected chi connectivity index (χ2v) is 17.9. The van der Waals surface area contributed by atoms with Gasteiger partial charge in [-0.1, -0.05) is 251 Å². The van der Waals surface area contributed by atoms with Crippen molar-refractivity contribution >= 4 is 119 Å². The number of hydrazone groups is 1. The van der Waals surface area contributed by atoms with E-state index in [0.29, 0.717) is 51.5 Å². The van der Waals surface area contributed by atoms with E-state index in [9.17, 15) is 34.2 Å². The number of carbonyl (C=O) groups excluding carboxylic acids is 1. The predicted molar refractivity (Wildman–Crippen MR) is 451 cm³/mol. The minimum absolute atomic E-state index is 0. The van der Waals surface area contributed by atoms with Crippen LogP contribution in [0.2, 0.25) is 0 Å². The number of nitrogen functional groups attached to an aromatic ring is 1. The molecule has 0 saturated heterocycles. The van der Waals surface area contributed by atoms with E-state index in [1.54, 1.807) is 72.8 Å². The summed E-state index contributed by atoms with van der Waals surface area (Å²) in [5, 5.41) is 51.0. The highest BCUT2D eigenvalue weighted by Crippen LogP contribution is 2.38. The number of aromatic nitrogens is 2. The summed E-state index contributed by atoms with van der Waals surface area (Å²) in [6, 6.07) is 53.9. The molecule has 0 amide bonds. The molecule has 22 nitrogen and oxygen atoms in total. The van der Waals surface area contributed by atoms with E-state index < -0.39 is 23.9 Å². The lowest BCUT2D eigenvalue weighted by Gasteiger charge is -2.05. The van der Waals surface area contributed by atoms with Gasteiger partial charge in [0, 0.05) is 34.2 Å². The predicted octanol–water partition coefficient (Wildman–Crippen LogP) is 23.3. The molecule has 0 radical (unpaired) electrons. The fourth-order valence-electron chi connectivity index (χ4n) is 9.34. The average Bonchev–Trinajstić information content (AvgIpc) is 1.58. The van der Waals surface area contributed by atoms with Crippen LogP contribution in [0.25, 0.3) is 65.9 Å². The molecule has 592 valence electrons. The van der Waals surface area contributed by atoms with Crippen molar-refractivity contribution < 1.29 is 78.1 Å². The Morgan fingerprint density at radius 3 is 1.27 bits per heavy atom. The van der Waals surface area contributed by atoms with Crippen LogP contribution in [-0.4, -0.2) is 95.6 Å². The number of anilines is 2. The fraction of sp³-hybridized carbons (Fsp3) is 0.314. The van der Waals surface area contributed by atoms with Crippen LogP contribution < -0.4 is 26.2 Å². The number of H-pyrrole nitrogens is 1. The van der Waals surface area contributed by atoms with Crippen LogP contribution in [0.4, 0.5) is 11.4 Å². The molecule has 0 saturated carbocycles. The van der Waals surface area contributed by atoms with Crippen molar-refractivity contribution in [1.29, 1.82) is 0 Å². The van der Waals surface area contributed by atoms with Gasteiger partial charge in [0.1, 0.15) is 35.0 Å². The monoisotopic (exact) mass is 1490 g/mol. The average molecular weight is 1500 g/mol. The van der Waals surface area contributed by atoms with Gasteiger partial charge < -0.3 is 64.3 Å². The number of fused-ring (bicyclic) bond motifs is 12. The number of aromatic amines is 1. The molecule has 4 aromatic heterocycles. The number of Topliss-reactive ketones (excluding diaryl/α,β-unsaturated/α-hetero) is 1. The Hall–Kier alpha value is -11.8. The number of rotatable bonds is 7. The molecule has 0 unspecified atom stereocenters. The van der Waals surface area contributed by atoms with Crippen molar-refractivity contribution in [2.45, 2.75) is 166 Å². The number of aromatic carboxylic acids is 4. The van der Waals surface area contributed by atoms with Gasteiger partial charge in [0.15, 0.2) is 17.8 Å². The van der Waals surface area contributed by atoms with Gasteiger partial charge in [0.2, 0.25) is 5.78 Å². The fourth-order valence-corrected chi connectivity index (χ4v) is 9.34. The summed E-state index contributed by atoms with van der Waals surface area (Å²) < 4.78 is 24.2. The zero-order chi connectivity index (χ0) is 82.7. The Kier molecular flexibility index (Phi) is 60.8. The third-order valence-corrected chi connectivity index (χ3v) is 13.0. The minimum atomic E-state index is -0.989. The van der Waals surface area contributed by atoms with Crippen LogP contribution in [-0.2, 0) is 11.8 Å². The van der Waals surface area contributed by atoms with Gasteiger partial charge in [0.05, 0.1) is 61.3 Å². The van der Waals surface area contributed by atoms with Gasteiger partial charge in [-0.3, -0.25) is 20.9 Å². The number of hydrogen-bond donors (Lipinski definition) is 9. The van der Waals surface area contributed by atoms with E-state index in [1.807, 2.05) is 275 Å². The molecule has 2 aliphatic rings. The molecule has 108 heavy (non-hydrogen) atoms. The summed E-state index contributed by atoms with van der Waals surface area (Å²) in [5.41, 5.74) is 15.4. The van der Waals surface area contributed by atoms with Gasteiger partial charge in [-0.05, 0) is 97.1 Å². The SMILES string of the molecule is CC.CC.CC.CC.CC.CC.CC.CC.CC.CC.CC.CC.Cn1c2c(C(=O)O)cccc2c2oc3ccccc3c21.NNc1ccccc1C(=O)O.O.O=C(O)c1cccc2c1[nH]c1c3ccccc3oc21.O=C(O)c1ccccc1N/N=C1\COc2ccccc21.O=C1COc2ccccc21.O=CO. The van der Waals surface area contributed by atoms with E-state index in [2.05, 4.69) is 20.9 Å². The number of hydrogen-bond acceptors (Lipinski definition) is 14. The number of para-hydroxylation sites is 8. The van der Waals surface area contributed by atoms with Gasteiger partial charge in [-0.25, -0.2) is 19.2 Å². The first-order valence-electron chi connectivity index (χ1n) is 37.0. The Morgan fingerprint density at radius 2 is 0.787 bits per heavy atom. The summed E-state index contributed by atoms with van der Waals surface area (Å²) >= 11 is 0. The molecule has 6 heterocycles. The molecule has 14 rings (SSSR count). The number of nitrogens with one attached hydrogen (secondary N) is 3. The van der Waals surface area contributed by atoms with Crippen molar-refractivity contribution in [3.8, 4) is 11.5 Å². The first kappa shape index (κ1) is 105. The quantitative estimate of drug-likeness (QED) is 0.0406. The third kappa shape index (κ3) is 29.3. The summed E-state index contributed by atoms with van der Waals surface area (Å²) in [6.07, 6.45) is 0. The lowest BCUT2D eigenvalue weighted by molar-refractivity contribution is -0.122. The Labute approximate surface area is 638 Å². The van der Waals surface area contributed by atoms with E-state index in [4.69, 9.17) is 44.3 Å². The number of nitrogens with two attached hydrogens (primary N) is 1. The highest BCUT2D eigenvalue weighted by atomic mass is 16.5. The van der Waals surface area contributed by atoms with Crippen LogP contribution in [0.5, 0.6) is 11.5 Å². The molecule has 2 aliphatic heterocycles. The van der Waals surface area contributed by atoms with Crippen molar-refractivity contribution in [1.82, 2.24) is 9.55 Å². The first-order valence-corrected chi connectivity index (χ1v) is 37.0. The number of aryl methyl sites for hydroxylation is 1. The summed E-state index contributed by atoms with van der Waals surface area (Å²) in [4.78, 5) is 66.7. The normalized spacial score (nSPS) is 9.98. The Bertz CT molecular complexity index is 4490. The Morgan fingerprint density at radius 1 is 0.426 bits per heavy atom.